The molecule has 0 aliphatic carbocycles. The summed E-state index contributed by atoms with van der Waals surface area (Å²) < 4.78 is 9.55. The van der Waals surface area contributed by atoms with Gasteiger partial charge in [-0.1, -0.05) is 92.7 Å². The highest BCUT2D eigenvalue weighted by atomic mass is 16.5. The Bertz CT molecular complexity index is 2620. The topological polar surface area (TPSA) is 192 Å². The van der Waals surface area contributed by atoms with E-state index in [0.29, 0.717) is 23.8 Å². The Kier molecular flexibility index (Phi) is 11.9. The van der Waals surface area contributed by atoms with Crippen LogP contribution in [-0.2, 0) is 23.9 Å². The molecule has 0 unspecified atom stereocenters. The highest BCUT2D eigenvalue weighted by molar-refractivity contribution is 5.94. The van der Waals surface area contributed by atoms with E-state index < -0.39 is 36.2 Å². The van der Waals surface area contributed by atoms with E-state index in [1.165, 1.54) is 19.1 Å². The Morgan fingerprint density at radius 1 is 0.694 bits per heavy atom. The van der Waals surface area contributed by atoms with Crippen LogP contribution in [0.5, 0.6) is 0 Å². The molecule has 15 nitrogen and oxygen atoms in total. The second-order valence-electron chi connectivity index (χ2n) is 16.0. The maximum atomic E-state index is 13.9. The quantitative estimate of drug-likeness (QED) is 0.104. The lowest BCUT2D eigenvalue weighted by atomic mass is 9.98. The molecule has 0 spiro atoms. The average Bonchev–Trinajstić information content (AvgIpc) is 4.14. The first-order valence-corrected chi connectivity index (χ1v) is 20.6. The fraction of sp³-hybridized carbons (Fsp3) is 0.298. The number of ketones is 1. The molecule has 15 heteroatoms. The zero-order chi connectivity index (χ0) is 43.5. The van der Waals surface area contributed by atoms with Crippen LogP contribution in [0.1, 0.15) is 68.4 Å². The van der Waals surface area contributed by atoms with Gasteiger partial charge in [-0.15, -0.1) is 0 Å². The normalized spacial score (nSPS) is 17.3. The molecule has 4 N–H and O–H groups in total. The number of methoxy groups -OCH3 is 2. The van der Waals surface area contributed by atoms with E-state index in [1.807, 2.05) is 38.1 Å². The number of ether oxygens (including phenoxy) is 2. The summed E-state index contributed by atoms with van der Waals surface area (Å²) >= 11 is 0. The van der Waals surface area contributed by atoms with Gasteiger partial charge in [0.2, 0.25) is 5.91 Å². The second-order valence-corrected chi connectivity index (χ2v) is 16.0. The number of aromatic amines is 2. The number of H-pyrrole nitrogens is 2. The van der Waals surface area contributed by atoms with Gasteiger partial charge in [0.05, 0.1) is 56.6 Å². The van der Waals surface area contributed by atoms with Crippen LogP contribution >= 0.6 is 0 Å². The van der Waals surface area contributed by atoms with Gasteiger partial charge in [-0.2, -0.15) is 0 Å². The van der Waals surface area contributed by atoms with Crippen molar-refractivity contribution in [2.24, 2.45) is 5.92 Å². The number of imidazole rings is 2. The first-order valence-electron chi connectivity index (χ1n) is 20.6. The van der Waals surface area contributed by atoms with Crippen LogP contribution in [0.25, 0.3) is 44.4 Å². The van der Waals surface area contributed by atoms with E-state index >= 15 is 0 Å². The summed E-state index contributed by atoms with van der Waals surface area (Å²) in [5.74, 6) is 0.387. The standard InChI is InChI=1S/C47H48N8O7/c1-27(2)40(52-46(59)61-3)44(57)54-20-8-11-38(54)42-48-24-36(50-42)29-14-12-28(13-15-29)31-16-17-33-22-34(19-18-32(33)21-31)37-25-49-43(51-37)39-23-35(56)26-55(39)45(58)41(53-47(60)62-4)30-9-6-5-7-10-30/h5-7,9-10,12-19,21-22,24-25,27,38-41H,8,11,20,23,26H2,1-4H3,(H,48,50)(H,49,51)(H,52,59)(H,53,60)/t38-,39-,40-,41+/m0/s1. The number of rotatable bonds is 11. The van der Waals surface area contributed by atoms with Crippen LogP contribution in [0.3, 0.4) is 0 Å². The van der Waals surface area contributed by atoms with Gasteiger partial charge in [0.1, 0.15) is 23.7 Å². The molecule has 62 heavy (non-hydrogen) atoms. The van der Waals surface area contributed by atoms with Crippen LogP contribution in [-0.4, -0.2) is 92.9 Å². The average molecular weight is 837 g/mol. The summed E-state index contributed by atoms with van der Waals surface area (Å²) in [7, 11) is 2.52. The number of alkyl carbamates (subject to hydrolysis) is 2. The van der Waals surface area contributed by atoms with Gasteiger partial charge in [-0.3, -0.25) is 14.4 Å². The van der Waals surface area contributed by atoms with Crippen molar-refractivity contribution in [3.8, 4) is 33.6 Å². The van der Waals surface area contributed by atoms with Gasteiger partial charge in [-0.05, 0) is 63.9 Å². The smallest absolute Gasteiger partial charge is 0.407 e. The van der Waals surface area contributed by atoms with Gasteiger partial charge >= 0.3 is 12.2 Å². The third-order valence-electron chi connectivity index (χ3n) is 11.7. The molecule has 4 atom stereocenters. The number of fused-ring (bicyclic) bond motifs is 1. The van der Waals surface area contributed by atoms with Crippen molar-refractivity contribution < 1.29 is 33.4 Å². The number of amides is 4. The molecule has 0 bridgehead atoms. The molecule has 4 amide bonds. The van der Waals surface area contributed by atoms with Crippen molar-refractivity contribution in [3.63, 3.8) is 0 Å². The molecular weight excluding hydrogens is 789 g/mol. The molecule has 0 saturated carbocycles. The number of aromatic nitrogens is 4. The van der Waals surface area contributed by atoms with E-state index in [2.05, 4.69) is 73.0 Å². The Hall–Kier alpha value is -7.29. The minimum absolute atomic E-state index is 0.0988. The van der Waals surface area contributed by atoms with Crippen molar-refractivity contribution in [1.82, 2.24) is 40.4 Å². The Balaban J connectivity index is 0.953. The van der Waals surface area contributed by atoms with Gasteiger partial charge in [0, 0.05) is 18.5 Å². The molecule has 2 saturated heterocycles. The van der Waals surface area contributed by atoms with E-state index in [-0.39, 0.29) is 36.6 Å². The van der Waals surface area contributed by atoms with Crippen LogP contribution in [0, 0.1) is 5.92 Å². The summed E-state index contributed by atoms with van der Waals surface area (Å²) in [6, 6.07) is 26.9. The fourth-order valence-electron chi connectivity index (χ4n) is 8.38. The predicted octanol–water partition coefficient (Wildman–Crippen LogP) is 7.27. The van der Waals surface area contributed by atoms with Crippen LogP contribution in [0.4, 0.5) is 9.59 Å². The van der Waals surface area contributed by atoms with Crippen molar-refractivity contribution >= 4 is 40.6 Å². The number of benzene rings is 4. The number of carbonyl (C=O) groups is 5. The molecule has 8 rings (SSSR count). The summed E-state index contributed by atoms with van der Waals surface area (Å²) in [6.45, 7) is 4.27. The summed E-state index contributed by atoms with van der Waals surface area (Å²) in [4.78, 5) is 83.9. The van der Waals surface area contributed by atoms with E-state index in [4.69, 9.17) is 9.47 Å². The first kappa shape index (κ1) is 41.4. The molecular formula is C47H48N8O7. The number of nitrogens with zero attached hydrogens (tertiary/aromatic N) is 4. The van der Waals surface area contributed by atoms with Crippen LogP contribution in [0.15, 0.2) is 103 Å². The van der Waals surface area contributed by atoms with Gasteiger partial charge in [0.15, 0.2) is 5.78 Å². The van der Waals surface area contributed by atoms with Crippen molar-refractivity contribution in [3.05, 3.63) is 121 Å². The zero-order valence-electron chi connectivity index (χ0n) is 34.9. The van der Waals surface area contributed by atoms with Crippen molar-refractivity contribution in [1.29, 1.82) is 0 Å². The van der Waals surface area contributed by atoms with E-state index in [9.17, 15) is 24.0 Å². The lowest BCUT2D eigenvalue weighted by Crippen LogP contribution is -2.51. The Morgan fingerprint density at radius 3 is 1.94 bits per heavy atom. The first-order chi connectivity index (χ1) is 30.0. The summed E-state index contributed by atoms with van der Waals surface area (Å²) in [5, 5.41) is 7.39. The predicted molar refractivity (Wildman–Crippen MR) is 231 cm³/mol. The molecule has 2 fully saturated rings. The third kappa shape index (κ3) is 8.51. The molecule has 2 aliphatic rings. The third-order valence-corrected chi connectivity index (χ3v) is 11.7. The minimum atomic E-state index is -1.05. The van der Waals surface area contributed by atoms with Crippen LogP contribution < -0.4 is 10.6 Å². The second kappa shape index (κ2) is 17.7. The van der Waals surface area contributed by atoms with Gasteiger partial charge < -0.3 is 39.9 Å². The molecule has 2 aromatic heterocycles. The van der Waals surface area contributed by atoms with Gasteiger partial charge in [-0.25, -0.2) is 19.6 Å². The fourth-order valence-corrected chi connectivity index (χ4v) is 8.38. The number of Topliss-reactive ketones (excluding diaryl/α,β-unsaturated/α-hetero) is 1. The number of hydrogen-bond donors (Lipinski definition) is 4. The van der Waals surface area contributed by atoms with Crippen molar-refractivity contribution in [2.45, 2.75) is 57.3 Å². The Labute approximate surface area is 358 Å². The van der Waals surface area contributed by atoms with E-state index in [1.54, 1.807) is 41.6 Å². The van der Waals surface area contributed by atoms with Gasteiger partial charge in [0.25, 0.3) is 5.91 Å². The molecule has 4 heterocycles. The SMILES string of the molecule is COC(=O)N[C@H](C(=O)N1CCC[C@H]1c1ncc(-c2ccc(-c3ccc4cc(-c5cnc([C@@H]6CC(=O)CN6C(=O)[C@H](NC(=O)OC)c6ccccc6)[nH]5)ccc4c3)cc2)[nH]1)C(C)C. The Morgan fingerprint density at radius 2 is 1.27 bits per heavy atom. The highest BCUT2D eigenvalue weighted by Gasteiger charge is 2.41. The minimum Gasteiger partial charge on any atom is -0.453 e. The number of nitrogens with one attached hydrogen (secondary N) is 4. The summed E-state index contributed by atoms with van der Waals surface area (Å²) in [6.07, 6.45) is 3.82. The van der Waals surface area contributed by atoms with Crippen LogP contribution in [0.2, 0.25) is 0 Å². The van der Waals surface area contributed by atoms with Crippen molar-refractivity contribution in [2.75, 3.05) is 27.3 Å². The maximum Gasteiger partial charge on any atom is 0.407 e. The molecule has 2 aliphatic heterocycles. The molecule has 6 aromatic rings. The highest BCUT2D eigenvalue weighted by Crippen LogP contribution is 2.36. The number of hydrogen-bond acceptors (Lipinski definition) is 9. The molecule has 318 valence electrons. The largest absolute Gasteiger partial charge is 0.453 e. The zero-order valence-corrected chi connectivity index (χ0v) is 34.9. The van der Waals surface area contributed by atoms with E-state index in [0.717, 1.165) is 57.3 Å². The number of carbonyl (C=O) groups excluding carboxylic acids is 5. The summed E-state index contributed by atoms with van der Waals surface area (Å²) in [5.41, 5.74) is 6.11. The lowest BCUT2D eigenvalue weighted by molar-refractivity contribution is -0.136. The lowest BCUT2D eigenvalue weighted by Gasteiger charge is -2.30. The molecule has 0 radical (unpaired) electrons. The maximum absolute atomic E-state index is 13.9. The number of likely N-dealkylation sites (tertiary alicyclic amines) is 2. The molecule has 4 aromatic carbocycles. The monoisotopic (exact) mass is 836 g/mol.